The molecule has 0 aliphatic heterocycles. The van der Waals surface area contributed by atoms with Crippen LogP contribution < -0.4 is 50.3 Å². The van der Waals surface area contributed by atoms with Crippen LogP contribution in [0.2, 0.25) is 28.2 Å². The van der Waals surface area contributed by atoms with Gasteiger partial charge in [-0.3, -0.25) is 9.59 Å². The number of aromatic carboxylic acids is 1. The van der Waals surface area contributed by atoms with Gasteiger partial charge in [-0.15, -0.1) is 0 Å². The first-order chi connectivity index (χ1) is 33.8. The van der Waals surface area contributed by atoms with Crippen LogP contribution in [0.1, 0.15) is 110 Å². The largest absolute Gasteiger partial charge is 1.00 e. The maximum Gasteiger partial charge on any atom is 1.00 e. The molecule has 0 fully saturated rings. The van der Waals surface area contributed by atoms with E-state index in [0.29, 0.717) is 34.5 Å². The van der Waals surface area contributed by atoms with Crippen molar-refractivity contribution in [3.63, 3.8) is 0 Å². The topological polar surface area (TPSA) is 169 Å². The Morgan fingerprint density at radius 3 is 1.68 bits per heavy atom. The Morgan fingerprint density at radius 2 is 1.22 bits per heavy atom. The van der Waals surface area contributed by atoms with Crippen molar-refractivity contribution < 1.29 is 81.5 Å². The fourth-order valence-electron chi connectivity index (χ4n) is 7.86. The summed E-state index contributed by atoms with van der Waals surface area (Å²) in [5.41, 5.74) is 0.119. The predicted octanol–water partition coefficient (Wildman–Crippen LogP) is 8.18. The van der Waals surface area contributed by atoms with Crippen molar-refractivity contribution in [1.82, 2.24) is 9.13 Å². The van der Waals surface area contributed by atoms with Gasteiger partial charge in [0, 0.05) is 42.1 Å². The van der Waals surface area contributed by atoms with E-state index in [1.165, 1.54) is 55.9 Å². The molecule has 6 aromatic rings. The number of carboxylic acids is 1. The summed E-state index contributed by atoms with van der Waals surface area (Å²) < 4.78 is 65.1. The zero-order valence-electron chi connectivity index (χ0n) is 43.7. The molecule has 2 atom stereocenters. The van der Waals surface area contributed by atoms with Gasteiger partial charge in [-0.25, -0.2) is 22.8 Å². The second-order valence-electron chi connectivity index (χ2n) is 19.4. The van der Waals surface area contributed by atoms with Crippen LogP contribution in [0.5, 0.6) is 5.75 Å². The Hall–Kier alpha value is -4.49. The maximum absolute atomic E-state index is 15.5. The molecule has 6 rings (SSSR count). The van der Waals surface area contributed by atoms with Gasteiger partial charge < -0.3 is 38.4 Å². The Labute approximate surface area is 457 Å². The molecule has 0 radical (unpaired) electrons. The van der Waals surface area contributed by atoms with Gasteiger partial charge >= 0.3 is 41.5 Å². The summed E-state index contributed by atoms with van der Waals surface area (Å²) in [5, 5.41) is 27.9. The zero-order valence-corrected chi connectivity index (χ0v) is 48.2. The summed E-state index contributed by atoms with van der Waals surface area (Å²) in [5.74, 6) is -3.52. The fraction of sp³-hybridized carbons (Fsp3) is 0.407. The second-order valence-corrected chi connectivity index (χ2v) is 25.0. The number of nitrogens with zero attached hydrogens (tertiary/aromatic N) is 2. The van der Waals surface area contributed by atoms with Crippen molar-refractivity contribution in [3.8, 4) is 5.75 Å². The number of fused-ring (bicyclic) bond motifs is 2. The number of methoxy groups -OCH3 is 1. The monoisotopic (exact) mass is 1080 g/mol. The molecule has 0 saturated heterocycles. The van der Waals surface area contributed by atoms with Crippen LogP contribution in [-0.4, -0.2) is 73.6 Å². The Morgan fingerprint density at radius 1 is 0.753 bits per heavy atom. The molecule has 390 valence electrons. The predicted molar refractivity (Wildman–Crippen MR) is 278 cm³/mol. The van der Waals surface area contributed by atoms with E-state index in [0.717, 1.165) is 7.11 Å². The molecule has 0 unspecified atom stereocenters. The van der Waals surface area contributed by atoms with E-state index >= 15 is 4.39 Å². The number of aliphatic hydroxyl groups is 1. The van der Waals surface area contributed by atoms with Crippen molar-refractivity contribution in [2.24, 2.45) is 11.8 Å². The van der Waals surface area contributed by atoms with E-state index in [1.807, 2.05) is 27.7 Å². The molecule has 0 aliphatic carbocycles. The van der Waals surface area contributed by atoms with Gasteiger partial charge in [-0.1, -0.05) is 95.9 Å². The first-order valence-corrected chi connectivity index (χ1v) is 27.0. The van der Waals surface area contributed by atoms with E-state index in [1.54, 1.807) is 40.3 Å². The van der Waals surface area contributed by atoms with Gasteiger partial charge in [-0.2, -0.15) is 7.11 Å². The molecule has 0 aliphatic rings. The van der Waals surface area contributed by atoms with Crippen LogP contribution in [0.4, 0.5) is 13.2 Å². The van der Waals surface area contributed by atoms with Crippen molar-refractivity contribution >= 4 is 65.3 Å². The number of rotatable bonds is 16. The summed E-state index contributed by atoms with van der Waals surface area (Å²) in [6, 6.07) is 14.2. The van der Waals surface area contributed by atoms with Gasteiger partial charge in [0.25, 0.3) is 0 Å². The number of hydrogen-bond acceptors (Lipinski definition) is 9. The number of carbonyl (C=O) groups is 2. The minimum absolute atomic E-state index is 0. The molecular weight excluding hydrogens is 1020 g/mol. The van der Waals surface area contributed by atoms with Gasteiger partial charge in [0.2, 0.25) is 10.9 Å². The van der Waals surface area contributed by atoms with Crippen molar-refractivity contribution in [1.29, 1.82) is 0 Å². The summed E-state index contributed by atoms with van der Waals surface area (Å²) in [7, 11) is 0.0742. The van der Waals surface area contributed by atoms with Crippen LogP contribution in [0.25, 0.3) is 21.8 Å². The second kappa shape index (κ2) is 26.8. The van der Waals surface area contributed by atoms with Gasteiger partial charge in [0.1, 0.15) is 34.3 Å². The number of aliphatic hydroxyl groups excluding tert-OH is 1. The van der Waals surface area contributed by atoms with E-state index in [4.69, 9.17) is 42.2 Å². The first-order valence-electron chi connectivity index (χ1n) is 23.3. The van der Waals surface area contributed by atoms with Gasteiger partial charge in [0.05, 0.1) is 60.1 Å². The van der Waals surface area contributed by atoms with Crippen LogP contribution in [0, 0.1) is 29.3 Å². The number of aromatic nitrogens is 2. The number of pyridine rings is 2. The number of halogens is 5. The number of ether oxygens (including phenoxy) is 2. The molecule has 0 spiro atoms. The average molecular weight is 1080 g/mol. The summed E-state index contributed by atoms with van der Waals surface area (Å²) >= 11 is 11.8. The van der Waals surface area contributed by atoms with Gasteiger partial charge in [0.15, 0.2) is 8.32 Å². The van der Waals surface area contributed by atoms with E-state index < -0.39 is 60.2 Å². The number of benzene rings is 4. The third kappa shape index (κ3) is 14.5. The Balaban J connectivity index is 0.000000376. The van der Waals surface area contributed by atoms with E-state index in [-0.39, 0.29) is 116 Å². The van der Waals surface area contributed by atoms with Crippen molar-refractivity contribution in [2.45, 2.75) is 98.4 Å². The Bertz CT molecular complexity index is 3050. The minimum Gasteiger partial charge on any atom is -0.857 e. The molecule has 4 aromatic carbocycles. The van der Waals surface area contributed by atoms with E-state index in [2.05, 4.69) is 33.9 Å². The van der Waals surface area contributed by atoms with Crippen molar-refractivity contribution in [2.75, 3.05) is 34.0 Å². The molecule has 19 heteroatoms. The summed E-state index contributed by atoms with van der Waals surface area (Å²) in [6.45, 7) is 20.4. The summed E-state index contributed by atoms with van der Waals surface area (Å²) in [4.78, 5) is 51.0. The minimum atomic E-state index is -2.13. The zero-order chi connectivity index (χ0) is 54.2. The number of carbonyl (C=O) groups excluding carboxylic acids is 1. The molecule has 2 heterocycles. The van der Waals surface area contributed by atoms with Crippen molar-refractivity contribution in [3.05, 3.63) is 154 Å². The standard InChI is InChI=1S/C30H38ClF2NO4Si.C23H23ClFNO5.CH3O.Na/c1-9-37-29(36)22-16-34(26(18(2)3)17-38-39(7,8)30(4,5)6)25-15-24(32)20(14-21(25)28(22)35)13-19-11-10-12-23(31)27(19)33;1-12(2)19(11-27)26-10-16(23(29)30)22(28)15-8-14(20(31-3)9-18(15)26)7-13-5-4-6-17(24)21(13)25;1-2;/h10-12,14-16,18,26H,9,13,17H2,1-8H3;4-6,8-10,12,19,27H,7,11H2,1-3H3,(H,29,30);1H3;/q;;-1;+1/t26-;19-;;/m11../s1. The average Bonchev–Trinajstić information content (AvgIpc) is 3.31. The molecule has 0 amide bonds. The Kier molecular flexibility index (Phi) is 23.1. The molecule has 0 saturated carbocycles. The maximum atomic E-state index is 15.5. The number of carboxylic acid groups (broad SMARTS) is 1. The third-order valence-corrected chi connectivity index (χ3v) is 18.1. The molecule has 0 bridgehead atoms. The molecular formula is C54H64Cl2F3N2NaO10Si. The van der Waals surface area contributed by atoms with Crippen LogP contribution >= 0.6 is 23.2 Å². The van der Waals surface area contributed by atoms with E-state index in [9.17, 15) is 38.2 Å². The van der Waals surface area contributed by atoms with Crippen LogP contribution in [-0.2, 0) is 22.0 Å². The van der Waals surface area contributed by atoms with Crippen LogP contribution in [0.15, 0.2) is 82.6 Å². The number of hydrogen-bond donors (Lipinski definition) is 2. The summed E-state index contributed by atoms with van der Waals surface area (Å²) in [6.07, 6.45) is 2.69. The molecule has 2 N–H and O–H groups in total. The molecule has 73 heavy (non-hydrogen) atoms. The SMILES string of the molecule is CCOC(=O)c1cn([C@H](CO[Si](C)(C)C(C)(C)C)C(C)C)c2cc(F)c(Cc3cccc(Cl)c3F)cc2c1=O.COc1cc2c(cc1Cc1cccc(Cl)c1F)c(=O)c(C(=O)O)cn2[C@H](CO)C(C)C.C[O-].[Na+]. The quantitative estimate of drug-likeness (QED) is 0.0713. The fourth-order valence-corrected chi connectivity index (χ4v) is 9.27. The van der Waals surface area contributed by atoms with Crippen LogP contribution in [0.3, 0.4) is 0 Å². The molecule has 12 nitrogen and oxygen atoms in total. The third-order valence-electron chi connectivity index (χ3n) is 13.0. The van der Waals surface area contributed by atoms with Gasteiger partial charge in [-0.05, 0) is 89.5 Å². The normalized spacial score (nSPS) is 12.4. The number of esters is 1. The first kappa shape index (κ1) is 62.8. The molecule has 2 aromatic heterocycles. The smallest absolute Gasteiger partial charge is 0.857 e.